The van der Waals surface area contributed by atoms with Crippen molar-refractivity contribution in [2.24, 2.45) is 0 Å². The van der Waals surface area contributed by atoms with Gasteiger partial charge in [0.05, 0.1) is 6.54 Å². The molecule has 1 aromatic heterocycles. The quantitative estimate of drug-likeness (QED) is 0.689. The summed E-state index contributed by atoms with van der Waals surface area (Å²) < 4.78 is 18.5. The van der Waals surface area contributed by atoms with Crippen LogP contribution < -0.4 is 5.32 Å². The molecule has 0 saturated carbocycles. The minimum absolute atomic E-state index is 0. The van der Waals surface area contributed by atoms with E-state index in [0.29, 0.717) is 12.2 Å². The second-order valence-corrected chi connectivity index (χ2v) is 5.85. The molecule has 25 heavy (non-hydrogen) atoms. The normalized spacial score (nSPS) is 10.4. The maximum Gasteiger partial charge on any atom is 0.236 e. The van der Waals surface area contributed by atoms with Gasteiger partial charge in [-0.05, 0) is 32.0 Å². The number of likely N-dealkylation sites (N-methyl/N-ethyl adjacent to an activating group) is 2. The number of carbonyl (C=O) groups excluding carboxylic acids is 1. The molecule has 2 aromatic rings. The lowest BCUT2D eigenvalue weighted by Gasteiger charge is -2.16. The standard InChI is InChI=1S/C18H24FN3O2.ClH/c1-20-13-18(23)22(2)10-5-3-4-9-16-12-17(21-24-16)14-7-6-8-15(19)11-14;/h6-8,11-12,20H,3-5,9-10,13H2,1-2H3;1H. The topological polar surface area (TPSA) is 58.4 Å². The van der Waals surface area contributed by atoms with Crippen molar-refractivity contribution < 1.29 is 13.7 Å². The molecule has 0 fully saturated rings. The molecule has 0 saturated heterocycles. The lowest BCUT2D eigenvalue weighted by molar-refractivity contribution is -0.128. The van der Waals surface area contributed by atoms with Crippen molar-refractivity contribution in [1.29, 1.82) is 0 Å². The largest absolute Gasteiger partial charge is 0.361 e. The van der Waals surface area contributed by atoms with Gasteiger partial charge in [-0.2, -0.15) is 0 Å². The van der Waals surface area contributed by atoms with Gasteiger partial charge in [-0.1, -0.05) is 23.7 Å². The molecule has 0 aliphatic heterocycles. The molecule has 5 nitrogen and oxygen atoms in total. The molecule has 0 radical (unpaired) electrons. The van der Waals surface area contributed by atoms with Gasteiger partial charge in [0.1, 0.15) is 17.3 Å². The van der Waals surface area contributed by atoms with E-state index in [2.05, 4.69) is 10.5 Å². The summed E-state index contributed by atoms with van der Waals surface area (Å²) in [6.07, 6.45) is 3.71. The van der Waals surface area contributed by atoms with E-state index in [0.717, 1.165) is 43.6 Å². The maximum absolute atomic E-state index is 13.2. The fourth-order valence-corrected chi connectivity index (χ4v) is 2.45. The molecular weight excluding hydrogens is 345 g/mol. The number of amides is 1. The van der Waals surface area contributed by atoms with Gasteiger partial charge in [-0.15, -0.1) is 12.4 Å². The number of hydrogen-bond donors (Lipinski definition) is 1. The van der Waals surface area contributed by atoms with Crippen LogP contribution in [0.3, 0.4) is 0 Å². The highest BCUT2D eigenvalue weighted by molar-refractivity contribution is 5.85. The van der Waals surface area contributed by atoms with Crippen molar-refractivity contribution in [2.45, 2.75) is 25.7 Å². The van der Waals surface area contributed by atoms with Crippen molar-refractivity contribution in [3.05, 3.63) is 41.9 Å². The lowest BCUT2D eigenvalue weighted by atomic mass is 10.1. The molecule has 0 spiro atoms. The van der Waals surface area contributed by atoms with E-state index >= 15 is 0 Å². The first-order valence-corrected chi connectivity index (χ1v) is 8.20. The summed E-state index contributed by atoms with van der Waals surface area (Å²) >= 11 is 0. The first-order valence-electron chi connectivity index (χ1n) is 8.20. The van der Waals surface area contributed by atoms with Gasteiger partial charge in [0, 0.05) is 31.6 Å². The summed E-state index contributed by atoms with van der Waals surface area (Å²) in [4.78, 5) is 13.3. The number of rotatable bonds is 9. The summed E-state index contributed by atoms with van der Waals surface area (Å²) in [7, 11) is 3.59. The third kappa shape index (κ3) is 6.84. The van der Waals surface area contributed by atoms with Gasteiger partial charge in [0.2, 0.25) is 5.91 Å². The Morgan fingerprint density at radius 1 is 1.28 bits per heavy atom. The van der Waals surface area contributed by atoms with Crippen LogP contribution >= 0.6 is 12.4 Å². The number of hydrogen-bond acceptors (Lipinski definition) is 4. The fraction of sp³-hybridized carbons (Fsp3) is 0.444. The number of aromatic nitrogens is 1. The predicted molar refractivity (Wildman–Crippen MR) is 98.3 cm³/mol. The molecule has 1 amide bonds. The van der Waals surface area contributed by atoms with Crippen molar-refractivity contribution in [3.8, 4) is 11.3 Å². The number of nitrogens with one attached hydrogen (secondary N) is 1. The summed E-state index contributed by atoms with van der Waals surface area (Å²) in [5.41, 5.74) is 1.37. The van der Waals surface area contributed by atoms with Gasteiger partial charge in [-0.25, -0.2) is 4.39 Å². The molecule has 0 aliphatic rings. The molecular formula is C18H25ClFN3O2. The third-order valence-electron chi connectivity index (χ3n) is 3.85. The number of aryl methyl sites for hydroxylation is 1. The van der Waals surface area contributed by atoms with Crippen LogP contribution in [0.15, 0.2) is 34.9 Å². The summed E-state index contributed by atoms with van der Waals surface area (Å²) in [6.45, 7) is 1.13. The Bertz CT molecular complexity index is 663. The molecule has 0 bridgehead atoms. The zero-order chi connectivity index (χ0) is 17.4. The van der Waals surface area contributed by atoms with Gasteiger partial charge < -0.3 is 14.7 Å². The SMILES string of the molecule is CNCC(=O)N(C)CCCCCc1cc(-c2cccc(F)c2)no1.Cl. The van der Waals surface area contributed by atoms with E-state index < -0.39 is 0 Å². The average molecular weight is 370 g/mol. The van der Waals surface area contributed by atoms with Crippen LogP contribution in [0.4, 0.5) is 4.39 Å². The number of nitrogens with zero attached hydrogens (tertiary/aromatic N) is 2. The smallest absolute Gasteiger partial charge is 0.236 e. The van der Waals surface area contributed by atoms with Gasteiger partial charge in [-0.3, -0.25) is 4.79 Å². The van der Waals surface area contributed by atoms with Crippen LogP contribution in [0.2, 0.25) is 0 Å². The van der Waals surface area contributed by atoms with Crippen LogP contribution in [-0.4, -0.2) is 43.1 Å². The fourth-order valence-electron chi connectivity index (χ4n) is 2.45. The molecule has 2 rings (SSSR count). The van der Waals surface area contributed by atoms with Crippen molar-refractivity contribution in [3.63, 3.8) is 0 Å². The lowest BCUT2D eigenvalue weighted by Crippen LogP contribution is -2.34. The number of halogens is 2. The Labute approximate surface area is 154 Å². The Morgan fingerprint density at radius 2 is 2.08 bits per heavy atom. The highest BCUT2D eigenvalue weighted by Gasteiger charge is 2.08. The second kappa shape index (κ2) is 10.8. The highest BCUT2D eigenvalue weighted by atomic mass is 35.5. The zero-order valence-electron chi connectivity index (χ0n) is 14.6. The molecule has 1 N–H and O–H groups in total. The molecule has 0 aliphatic carbocycles. The Morgan fingerprint density at radius 3 is 2.80 bits per heavy atom. The second-order valence-electron chi connectivity index (χ2n) is 5.85. The third-order valence-corrected chi connectivity index (χ3v) is 3.85. The first kappa shape index (κ1) is 21.1. The van der Waals surface area contributed by atoms with Crippen molar-refractivity contribution in [1.82, 2.24) is 15.4 Å². The first-order chi connectivity index (χ1) is 11.6. The van der Waals surface area contributed by atoms with E-state index in [1.165, 1.54) is 12.1 Å². The van der Waals surface area contributed by atoms with E-state index in [4.69, 9.17) is 4.52 Å². The number of benzene rings is 1. The molecule has 1 aromatic carbocycles. The number of carbonyl (C=O) groups is 1. The monoisotopic (exact) mass is 369 g/mol. The maximum atomic E-state index is 13.2. The summed E-state index contributed by atoms with van der Waals surface area (Å²) in [5, 5.41) is 6.85. The molecule has 138 valence electrons. The van der Waals surface area contributed by atoms with Crippen LogP contribution in [0.1, 0.15) is 25.0 Å². The van der Waals surface area contributed by atoms with Crippen LogP contribution in [0.5, 0.6) is 0 Å². The minimum Gasteiger partial charge on any atom is -0.361 e. The molecule has 7 heteroatoms. The zero-order valence-corrected chi connectivity index (χ0v) is 15.4. The van der Waals surface area contributed by atoms with Gasteiger partial charge >= 0.3 is 0 Å². The highest BCUT2D eigenvalue weighted by Crippen LogP contribution is 2.20. The van der Waals surface area contributed by atoms with Crippen LogP contribution in [-0.2, 0) is 11.2 Å². The summed E-state index contributed by atoms with van der Waals surface area (Å²) in [6, 6.07) is 8.17. The van der Waals surface area contributed by atoms with E-state index in [-0.39, 0.29) is 24.1 Å². The molecule has 0 atom stereocenters. The summed E-state index contributed by atoms with van der Waals surface area (Å²) in [5.74, 6) is 0.621. The van der Waals surface area contributed by atoms with Gasteiger partial charge in [0.25, 0.3) is 0 Å². The number of unbranched alkanes of at least 4 members (excludes halogenated alkanes) is 2. The average Bonchev–Trinajstić information content (AvgIpc) is 3.03. The predicted octanol–water partition coefficient (Wildman–Crippen LogP) is 3.29. The Balaban J connectivity index is 0.00000312. The molecule has 1 heterocycles. The van der Waals surface area contributed by atoms with E-state index in [1.807, 2.05) is 19.2 Å². The molecule has 0 unspecified atom stereocenters. The van der Waals surface area contributed by atoms with E-state index in [9.17, 15) is 9.18 Å². The minimum atomic E-state index is -0.283. The van der Waals surface area contributed by atoms with Crippen LogP contribution in [0.25, 0.3) is 11.3 Å². The van der Waals surface area contributed by atoms with Gasteiger partial charge in [0.15, 0.2) is 0 Å². The Kier molecular flexibility index (Phi) is 9.16. The van der Waals surface area contributed by atoms with Crippen molar-refractivity contribution in [2.75, 3.05) is 27.2 Å². The van der Waals surface area contributed by atoms with Crippen molar-refractivity contribution >= 4 is 18.3 Å². The Hall–Kier alpha value is -1.92. The van der Waals surface area contributed by atoms with Crippen LogP contribution in [0, 0.1) is 5.82 Å². The van der Waals surface area contributed by atoms with E-state index in [1.54, 1.807) is 18.0 Å².